The van der Waals surface area contributed by atoms with Gasteiger partial charge in [-0.05, 0) is 50.5 Å². The molecule has 0 aliphatic heterocycles. The zero-order valence-electron chi connectivity index (χ0n) is 15.8. The van der Waals surface area contributed by atoms with Crippen molar-refractivity contribution in [3.63, 3.8) is 0 Å². The molecule has 2 aliphatic rings. The molecule has 0 radical (unpaired) electrons. The molecule has 0 unspecified atom stereocenters. The summed E-state index contributed by atoms with van der Waals surface area (Å²) in [5.74, 6) is 3.05. The van der Waals surface area contributed by atoms with E-state index in [-0.39, 0.29) is 10.8 Å². The van der Waals surface area contributed by atoms with Crippen molar-refractivity contribution < 1.29 is 0 Å². The van der Waals surface area contributed by atoms with Crippen LogP contribution in [0, 0.1) is 5.92 Å². The molecule has 2 aliphatic carbocycles. The topological polar surface area (TPSA) is 76.5 Å². The first-order valence-corrected chi connectivity index (χ1v) is 11.3. The van der Waals surface area contributed by atoms with Crippen molar-refractivity contribution in [1.29, 1.82) is 0 Å². The fourth-order valence-corrected chi connectivity index (χ4v) is 6.17. The SMILES string of the molecule is C[C@@H]1CCc2c(sc3nc([C@@H](C)Sc4nnc(C5CC5)n4C)[nH]c(=O)c23)C1. The summed E-state index contributed by atoms with van der Waals surface area (Å²) in [6.07, 6.45) is 5.63. The lowest BCUT2D eigenvalue weighted by Gasteiger charge is -2.17. The average Bonchev–Trinajstić information content (AvgIpc) is 3.31. The van der Waals surface area contributed by atoms with Crippen LogP contribution in [0.3, 0.4) is 0 Å². The predicted octanol–water partition coefficient (Wildman–Crippen LogP) is 3.97. The van der Waals surface area contributed by atoms with Crippen LogP contribution in [0.2, 0.25) is 0 Å². The molecule has 3 heterocycles. The zero-order valence-corrected chi connectivity index (χ0v) is 17.4. The fraction of sp³-hybridized carbons (Fsp3) is 0.579. The lowest BCUT2D eigenvalue weighted by molar-refractivity contribution is 0.509. The molecule has 1 fully saturated rings. The van der Waals surface area contributed by atoms with Crippen LogP contribution in [0.5, 0.6) is 0 Å². The molecule has 6 nitrogen and oxygen atoms in total. The molecule has 2 atom stereocenters. The lowest BCUT2D eigenvalue weighted by Crippen LogP contribution is -2.15. The third kappa shape index (κ3) is 3.02. The van der Waals surface area contributed by atoms with Gasteiger partial charge in [0.15, 0.2) is 5.16 Å². The van der Waals surface area contributed by atoms with Gasteiger partial charge in [-0.3, -0.25) is 4.79 Å². The fourth-order valence-electron chi connectivity index (χ4n) is 3.90. The van der Waals surface area contributed by atoms with E-state index in [1.54, 1.807) is 23.1 Å². The van der Waals surface area contributed by atoms with Gasteiger partial charge in [0.25, 0.3) is 5.56 Å². The molecule has 0 bridgehead atoms. The van der Waals surface area contributed by atoms with Crippen LogP contribution in [0.25, 0.3) is 10.2 Å². The van der Waals surface area contributed by atoms with Gasteiger partial charge in [0.05, 0.1) is 10.6 Å². The van der Waals surface area contributed by atoms with Crippen molar-refractivity contribution in [2.75, 3.05) is 0 Å². The minimum absolute atomic E-state index is 0.00568. The molecule has 0 amide bonds. The number of H-pyrrole nitrogens is 1. The third-order valence-electron chi connectivity index (χ3n) is 5.66. The van der Waals surface area contributed by atoms with E-state index in [2.05, 4.69) is 33.6 Å². The smallest absolute Gasteiger partial charge is 0.259 e. The van der Waals surface area contributed by atoms with Gasteiger partial charge in [-0.15, -0.1) is 21.5 Å². The minimum atomic E-state index is 0.00568. The highest BCUT2D eigenvalue weighted by atomic mass is 32.2. The van der Waals surface area contributed by atoms with Crippen molar-refractivity contribution in [3.05, 3.63) is 32.4 Å². The van der Waals surface area contributed by atoms with Crippen molar-refractivity contribution >= 4 is 33.3 Å². The van der Waals surface area contributed by atoms with Gasteiger partial charge in [0.2, 0.25) is 0 Å². The van der Waals surface area contributed by atoms with E-state index in [1.165, 1.54) is 23.3 Å². The van der Waals surface area contributed by atoms with Crippen molar-refractivity contribution in [1.82, 2.24) is 24.7 Å². The number of nitrogens with one attached hydrogen (secondary N) is 1. The molecule has 27 heavy (non-hydrogen) atoms. The quantitative estimate of drug-likeness (QED) is 0.670. The Labute approximate surface area is 165 Å². The highest BCUT2D eigenvalue weighted by molar-refractivity contribution is 7.99. The van der Waals surface area contributed by atoms with Gasteiger partial charge in [0, 0.05) is 17.8 Å². The maximum atomic E-state index is 12.8. The van der Waals surface area contributed by atoms with Gasteiger partial charge in [0.1, 0.15) is 16.5 Å². The van der Waals surface area contributed by atoms with E-state index in [9.17, 15) is 4.79 Å². The number of thioether (sulfide) groups is 1. The third-order valence-corrected chi connectivity index (χ3v) is 7.95. The number of thiophene rings is 1. The van der Waals surface area contributed by atoms with E-state index in [1.807, 2.05) is 7.05 Å². The summed E-state index contributed by atoms with van der Waals surface area (Å²) in [5.41, 5.74) is 1.24. The summed E-state index contributed by atoms with van der Waals surface area (Å²) in [4.78, 5) is 22.9. The first-order valence-electron chi connectivity index (χ1n) is 9.61. The number of aromatic amines is 1. The zero-order chi connectivity index (χ0) is 18.7. The van der Waals surface area contributed by atoms with Crippen molar-refractivity contribution in [2.24, 2.45) is 13.0 Å². The van der Waals surface area contributed by atoms with Crippen LogP contribution in [0.4, 0.5) is 0 Å². The van der Waals surface area contributed by atoms with Crippen LogP contribution in [0.15, 0.2) is 9.95 Å². The summed E-state index contributed by atoms with van der Waals surface area (Å²) in [6, 6.07) is 0. The molecule has 8 heteroatoms. The molecule has 3 aromatic heterocycles. The summed E-state index contributed by atoms with van der Waals surface area (Å²) in [7, 11) is 2.02. The van der Waals surface area contributed by atoms with E-state index in [4.69, 9.17) is 4.98 Å². The van der Waals surface area contributed by atoms with Gasteiger partial charge in [-0.25, -0.2) is 4.98 Å². The number of fused-ring (bicyclic) bond motifs is 3. The largest absolute Gasteiger partial charge is 0.309 e. The Balaban J connectivity index is 1.47. The Morgan fingerprint density at radius 2 is 2.11 bits per heavy atom. The van der Waals surface area contributed by atoms with Crippen molar-refractivity contribution in [2.45, 2.75) is 62.3 Å². The summed E-state index contributed by atoms with van der Waals surface area (Å²) in [5, 5.41) is 10.4. The molecule has 142 valence electrons. The van der Waals surface area contributed by atoms with E-state index < -0.39 is 0 Å². The molecule has 1 saturated carbocycles. The highest BCUT2D eigenvalue weighted by Gasteiger charge is 2.30. The van der Waals surface area contributed by atoms with Gasteiger partial charge >= 0.3 is 0 Å². The maximum Gasteiger partial charge on any atom is 0.259 e. The first-order chi connectivity index (χ1) is 13.0. The van der Waals surface area contributed by atoms with E-state index in [0.717, 1.165) is 46.3 Å². The molecule has 5 rings (SSSR count). The number of hydrogen-bond acceptors (Lipinski definition) is 6. The Kier molecular flexibility index (Phi) is 4.16. The average molecular weight is 402 g/mol. The Bertz CT molecular complexity index is 1080. The molecule has 0 saturated heterocycles. The summed E-state index contributed by atoms with van der Waals surface area (Å²) >= 11 is 3.30. The second-order valence-electron chi connectivity index (χ2n) is 7.92. The van der Waals surface area contributed by atoms with Crippen LogP contribution < -0.4 is 5.56 Å². The molecule has 0 spiro atoms. The summed E-state index contributed by atoms with van der Waals surface area (Å²) in [6.45, 7) is 4.35. The number of aryl methyl sites for hydroxylation is 1. The van der Waals surface area contributed by atoms with Crippen LogP contribution >= 0.6 is 23.1 Å². The van der Waals surface area contributed by atoms with Gasteiger partial charge in [-0.2, -0.15) is 0 Å². The van der Waals surface area contributed by atoms with Crippen molar-refractivity contribution in [3.8, 4) is 0 Å². The lowest BCUT2D eigenvalue weighted by atomic mass is 9.89. The number of rotatable bonds is 4. The monoisotopic (exact) mass is 401 g/mol. The Morgan fingerprint density at radius 1 is 1.30 bits per heavy atom. The maximum absolute atomic E-state index is 12.8. The number of nitrogens with zero attached hydrogens (tertiary/aromatic N) is 4. The second kappa shape index (κ2) is 6.44. The highest BCUT2D eigenvalue weighted by Crippen LogP contribution is 2.41. The molecule has 1 N–H and O–H groups in total. The van der Waals surface area contributed by atoms with E-state index >= 15 is 0 Å². The molecular weight excluding hydrogens is 378 g/mol. The van der Waals surface area contributed by atoms with Crippen LogP contribution in [-0.4, -0.2) is 24.7 Å². The number of hydrogen-bond donors (Lipinski definition) is 1. The summed E-state index contributed by atoms with van der Waals surface area (Å²) < 4.78 is 2.08. The van der Waals surface area contributed by atoms with Crippen LogP contribution in [-0.2, 0) is 19.9 Å². The second-order valence-corrected chi connectivity index (χ2v) is 10.3. The standard InChI is InChI=1S/C19H23N5OS2/c1-9-4-7-12-13(8-9)27-18-14(12)17(25)20-15(21-18)10(2)26-19-23-22-16(24(19)3)11-5-6-11/h9-11H,4-8H2,1-3H3,(H,20,21,25)/t9-,10-/m1/s1. The Morgan fingerprint density at radius 3 is 2.89 bits per heavy atom. The normalized spacial score (nSPS) is 20.8. The number of aromatic nitrogens is 5. The van der Waals surface area contributed by atoms with E-state index in [0.29, 0.717) is 11.8 Å². The molecular formula is C19H23N5OS2. The Hall–Kier alpha value is -1.67. The first kappa shape index (κ1) is 17.4. The minimum Gasteiger partial charge on any atom is -0.309 e. The van der Waals surface area contributed by atoms with Crippen LogP contribution in [0.1, 0.15) is 66.4 Å². The van der Waals surface area contributed by atoms with Gasteiger partial charge in [-0.1, -0.05) is 18.7 Å². The predicted molar refractivity (Wildman–Crippen MR) is 109 cm³/mol. The van der Waals surface area contributed by atoms with Gasteiger partial charge < -0.3 is 9.55 Å². The molecule has 0 aromatic carbocycles. The molecule has 3 aromatic rings.